The SMILES string of the molecule is Cc1c(CN2CCSCC2)cccc1NC(=O)[C@H]1CN(C)CCO1. The van der Waals surface area contributed by atoms with Crippen LogP contribution in [-0.4, -0.2) is 73.2 Å². The van der Waals surface area contributed by atoms with Crippen molar-refractivity contribution in [2.75, 3.05) is 56.7 Å². The summed E-state index contributed by atoms with van der Waals surface area (Å²) < 4.78 is 5.61. The van der Waals surface area contributed by atoms with Gasteiger partial charge in [-0.25, -0.2) is 0 Å². The van der Waals surface area contributed by atoms with Gasteiger partial charge < -0.3 is 15.0 Å². The lowest BCUT2D eigenvalue weighted by Crippen LogP contribution is -2.46. The zero-order valence-corrected chi connectivity index (χ0v) is 15.4. The highest BCUT2D eigenvalue weighted by molar-refractivity contribution is 7.99. The molecule has 2 heterocycles. The summed E-state index contributed by atoms with van der Waals surface area (Å²) in [5, 5.41) is 3.06. The van der Waals surface area contributed by atoms with Gasteiger partial charge in [-0.15, -0.1) is 0 Å². The summed E-state index contributed by atoms with van der Waals surface area (Å²) >= 11 is 2.02. The molecule has 1 aromatic carbocycles. The highest BCUT2D eigenvalue weighted by atomic mass is 32.2. The van der Waals surface area contributed by atoms with Gasteiger partial charge in [0, 0.05) is 49.9 Å². The molecule has 1 amide bonds. The van der Waals surface area contributed by atoms with Gasteiger partial charge >= 0.3 is 0 Å². The number of hydrogen-bond acceptors (Lipinski definition) is 5. The molecule has 0 aromatic heterocycles. The van der Waals surface area contributed by atoms with E-state index in [1.165, 1.54) is 17.1 Å². The zero-order valence-electron chi connectivity index (χ0n) is 14.6. The average molecular weight is 350 g/mol. The number of anilines is 1. The first-order chi connectivity index (χ1) is 11.6. The van der Waals surface area contributed by atoms with Gasteiger partial charge in [-0.3, -0.25) is 9.69 Å². The molecule has 2 aliphatic rings. The second-order valence-electron chi connectivity index (χ2n) is 6.59. The first kappa shape index (κ1) is 17.7. The standard InChI is InChI=1S/C18H27N3O2S/c1-14-15(12-21-7-10-24-11-8-21)4-3-5-16(14)19-18(22)17-13-20(2)6-9-23-17/h3-5,17H,6-13H2,1-2H3,(H,19,22)/t17-/m1/s1. The van der Waals surface area contributed by atoms with Crippen molar-refractivity contribution in [3.63, 3.8) is 0 Å². The molecule has 0 unspecified atom stereocenters. The van der Waals surface area contributed by atoms with Crippen molar-refractivity contribution < 1.29 is 9.53 Å². The van der Waals surface area contributed by atoms with E-state index in [0.29, 0.717) is 13.2 Å². The zero-order chi connectivity index (χ0) is 16.9. The van der Waals surface area contributed by atoms with Crippen molar-refractivity contribution in [2.24, 2.45) is 0 Å². The van der Waals surface area contributed by atoms with E-state index >= 15 is 0 Å². The molecule has 0 bridgehead atoms. The minimum Gasteiger partial charge on any atom is -0.366 e. The normalized spacial score (nSPS) is 23.2. The van der Waals surface area contributed by atoms with Gasteiger partial charge in [-0.2, -0.15) is 11.8 Å². The predicted molar refractivity (Wildman–Crippen MR) is 99.6 cm³/mol. The first-order valence-corrected chi connectivity index (χ1v) is 9.78. The fourth-order valence-corrected chi connectivity index (χ4v) is 4.12. The van der Waals surface area contributed by atoms with Gasteiger partial charge in [0.15, 0.2) is 0 Å². The molecule has 1 aromatic rings. The maximum absolute atomic E-state index is 12.5. The van der Waals surface area contributed by atoms with Crippen LogP contribution in [0.15, 0.2) is 18.2 Å². The molecule has 24 heavy (non-hydrogen) atoms. The van der Waals surface area contributed by atoms with Crippen molar-refractivity contribution in [3.05, 3.63) is 29.3 Å². The Bertz CT molecular complexity index is 575. The lowest BCUT2D eigenvalue weighted by atomic mass is 10.1. The summed E-state index contributed by atoms with van der Waals surface area (Å²) in [5.74, 6) is 2.38. The van der Waals surface area contributed by atoms with Crippen LogP contribution in [0.25, 0.3) is 0 Å². The Kier molecular flexibility index (Phi) is 6.16. The molecule has 2 fully saturated rings. The lowest BCUT2D eigenvalue weighted by Gasteiger charge is -2.29. The van der Waals surface area contributed by atoms with E-state index in [4.69, 9.17) is 4.74 Å². The molecule has 0 spiro atoms. The van der Waals surface area contributed by atoms with E-state index in [9.17, 15) is 4.79 Å². The molecule has 1 atom stereocenters. The largest absolute Gasteiger partial charge is 0.366 e. The Morgan fingerprint density at radius 2 is 2.12 bits per heavy atom. The molecule has 3 rings (SSSR count). The van der Waals surface area contributed by atoms with E-state index < -0.39 is 0 Å². The molecule has 0 aliphatic carbocycles. The molecule has 2 aliphatic heterocycles. The van der Waals surface area contributed by atoms with Crippen LogP contribution < -0.4 is 5.32 Å². The summed E-state index contributed by atoms with van der Waals surface area (Å²) in [4.78, 5) is 17.1. The number of carbonyl (C=O) groups is 1. The Morgan fingerprint density at radius 3 is 2.88 bits per heavy atom. The Morgan fingerprint density at radius 1 is 1.33 bits per heavy atom. The molecular formula is C18H27N3O2S. The first-order valence-electron chi connectivity index (χ1n) is 8.63. The minimum absolute atomic E-state index is 0.0452. The number of carbonyl (C=O) groups excluding carboxylic acids is 1. The van der Waals surface area contributed by atoms with Crippen molar-refractivity contribution in [2.45, 2.75) is 19.6 Å². The fourth-order valence-electron chi connectivity index (χ4n) is 3.14. The van der Waals surface area contributed by atoms with Crippen LogP contribution in [0.3, 0.4) is 0 Å². The minimum atomic E-state index is -0.383. The Balaban J connectivity index is 1.65. The van der Waals surface area contributed by atoms with E-state index in [-0.39, 0.29) is 12.0 Å². The van der Waals surface area contributed by atoms with E-state index in [0.717, 1.165) is 37.4 Å². The van der Waals surface area contributed by atoms with Crippen molar-refractivity contribution in [3.8, 4) is 0 Å². The number of thioether (sulfide) groups is 1. The number of rotatable bonds is 4. The topological polar surface area (TPSA) is 44.8 Å². The van der Waals surface area contributed by atoms with Crippen LogP contribution >= 0.6 is 11.8 Å². The summed E-state index contributed by atoms with van der Waals surface area (Å²) in [5.41, 5.74) is 3.36. The molecule has 1 N–H and O–H groups in total. The van der Waals surface area contributed by atoms with Crippen LogP contribution in [0.4, 0.5) is 5.69 Å². The number of hydrogen-bond donors (Lipinski definition) is 1. The summed E-state index contributed by atoms with van der Waals surface area (Å²) in [6, 6.07) is 6.18. The van der Waals surface area contributed by atoms with Gasteiger partial charge in [0.25, 0.3) is 5.91 Å². The molecule has 6 heteroatoms. The number of nitrogens with one attached hydrogen (secondary N) is 1. The number of morpholine rings is 1. The summed E-state index contributed by atoms with van der Waals surface area (Å²) in [7, 11) is 2.02. The second-order valence-corrected chi connectivity index (χ2v) is 7.81. The van der Waals surface area contributed by atoms with Crippen LogP contribution in [0, 0.1) is 6.92 Å². The van der Waals surface area contributed by atoms with Gasteiger partial charge in [-0.1, -0.05) is 12.1 Å². The van der Waals surface area contributed by atoms with Crippen molar-refractivity contribution in [1.82, 2.24) is 9.80 Å². The quantitative estimate of drug-likeness (QED) is 0.898. The Labute approximate surface area is 148 Å². The van der Waals surface area contributed by atoms with Crippen LogP contribution in [0.5, 0.6) is 0 Å². The van der Waals surface area contributed by atoms with E-state index in [1.54, 1.807) is 0 Å². The number of ether oxygens (including phenoxy) is 1. The third-order valence-electron chi connectivity index (χ3n) is 4.76. The molecule has 2 saturated heterocycles. The highest BCUT2D eigenvalue weighted by Crippen LogP contribution is 2.22. The maximum Gasteiger partial charge on any atom is 0.254 e. The summed E-state index contributed by atoms with van der Waals surface area (Å²) in [6.45, 7) is 7.48. The fraction of sp³-hybridized carbons (Fsp3) is 0.611. The summed E-state index contributed by atoms with van der Waals surface area (Å²) in [6.07, 6.45) is -0.383. The van der Waals surface area contributed by atoms with E-state index in [1.807, 2.05) is 30.9 Å². The smallest absolute Gasteiger partial charge is 0.254 e. The Hall–Kier alpha value is -1.08. The van der Waals surface area contributed by atoms with Crippen LogP contribution in [-0.2, 0) is 16.1 Å². The lowest BCUT2D eigenvalue weighted by molar-refractivity contribution is -0.132. The van der Waals surface area contributed by atoms with Gasteiger partial charge in [-0.05, 0) is 31.2 Å². The van der Waals surface area contributed by atoms with Crippen molar-refractivity contribution >= 4 is 23.4 Å². The number of nitrogens with zero attached hydrogens (tertiary/aromatic N) is 2. The maximum atomic E-state index is 12.5. The third kappa shape index (κ3) is 4.51. The number of benzene rings is 1. The van der Waals surface area contributed by atoms with Crippen LogP contribution in [0.1, 0.15) is 11.1 Å². The predicted octanol–water partition coefficient (Wildman–Crippen LogP) is 1.81. The average Bonchev–Trinajstić information content (AvgIpc) is 2.59. The number of amides is 1. The van der Waals surface area contributed by atoms with E-state index in [2.05, 4.69) is 28.1 Å². The third-order valence-corrected chi connectivity index (χ3v) is 5.71. The van der Waals surface area contributed by atoms with Crippen LogP contribution in [0.2, 0.25) is 0 Å². The molecule has 0 saturated carbocycles. The number of likely N-dealkylation sites (N-methyl/N-ethyl adjacent to an activating group) is 1. The second kappa shape index (κ2) is 8.34. The van der Waals surface area contributed by atoms with Gasteiger partial charge in [0.2, 0.25) is 0 Å². The molecular weight excluding hydrogens is 322 g/mol. The molecule has 0 radical (unpaired) electrons. The molecule has 5 nitrogen and oxygen atoms in total. The van der Waals surface area contributed by atoms with Gasteiger partial charge in [0.1, 0.15) is 6.10 Å². The van der Waals surface area contributed by atoms with Crippen molar-refractivity contribution in [1.29, 1.82) is 0 Å². The van der Waals surface area contributed by atoms with Gasteiger partial charge in [0.05, 0.1) is 6.61 Å². The monoisotopic (exact) mass is 349 g/mol. The molecule has 132 valence electrons. The highest BCUT2D eigenvalue weighted by Gasteiger charge is 2.25.